The molecule has 3 atom stereocenters. The summed E-state index contributed by atoms with van der Waals surface area (Å²) in [5, 5.41) is 0. The third-order valence-electron chi connectivity index (χ3n) is 4.43. The van der Waals surface area contributed by atoms with E-state index in [1.165, 1.54) is 0 Å². The zero-order chi connectivity index (χ0) is 12.3. The topological polar surface area (TPSA) is 35.5 Å². The molecular formula is C14H22O3. The van der Waals surface area contributed by atoms with Crippen molar-refractivity contribution < 1.29 is 14.3 Å². The first-order valence-electron chi connectivity index (χ1n) is 6.50. The quantitative estimate of drug-likeness (QED) is 0.545. The number of carbonyl (C=O) groups is 1. The molecule has 3 heteroatoms. The molecule has 2 fully saturated rings. The van der Waals surface area contributed by atoms with Gasteiger partial charge in [-0.15, -0.1) is 6.58 Å². The van der Waals surface area contributed by atoms with E-state index in [4.69, 9.17) is 9.47 Å². The number of fused-ring (bicyclic) bond motifs is 1. The van der Waals surface area contributed by atoms with Crippen molar-refractivity contribution in [2.75, 3.05) is 13.9 Å². The van der Waals surface area contributed by atoms with E-state index < -0.39 is 0 Å². The molecule has 0 unspecified atom stereocenters. The lowest BCUT2D eigenvalue weighted by Gasteiger charge is -2.41. The Bertz CT molecular complexity index is 300. The van der Waals surface area contributed by atoms with Crippen LogP contribution in [0.2, 0.25) is 0 Å². The number of hydrogen-bond donors (Lipinski definition) is 0. The Labute approximate surface area is 103 Å². The molecular weight excluding hydrogens is 216 g/mol. The Morgan fingerprint density at radius 2 is 2.29 bits per heavy atom. The van der Waals surface area contributed by atoms with Gasteiger partial charge in [0.25, 0.3) is 0 Å². The number of allylic oxidation sites excluding steroid dienone is 1. The molecule has 0 heterocycles. The van der Waals surface area contributed by atoms with Gasteiger partial charge in [0.15, 0.2) is 0 Å². The number of ketones is 1. The number of methoxy groups -OCH3 is 1. The summed E-state index contributed by atoms with van der Waals surface area (Å²) < 4.78 is 10.7. The number of Topliss-reactive ketones (excluding diaryl/α,β-unsaturated/α-hetero) is 1. The van der Waals surface area contributed by atoms with Crippen molar-refractivity contribution in [2.45, 2.75) is 44.6 Å². The van der Waals surface area contributed by atoms with Crippen LogP contribution in [-0.2, 0) is 14.3 Å². The highest BCUT2D eigenvalue weighted by atomic mass is 16.7. The second-order valence-corrected chi connectivity index (χ2v) is 5.18. The molecule has 3 nitrogen and oxygen atoms in total. The van der Waals surface area contributed by atoms with E-state index in [9.17, 15) is 4.79 Å². The summed E-state index contributed by atoms with van der Waals surface area (Å²) in [5.41, 5.74) is -0.293. The van der Waals surface area contributed by atoms with Crippen molar-refractivity contribution in [3.8, 4) is 0 Å². The first kappa shape index (κ1) is 12.8. The normalized spacial score (nSPS) is 36.9. The number of hydrogen-bond acceptors (Lipinski definition) is 3. The summed E-state index contributed by atoms with van der Waals surface area (Å²) in [6.45, 7) is 4.10. The second kappa shape index (κ2) is 5.32. The van der Waals surface area contributed by atoms with Crippen molar-refractivity contribution >= 4 is 5.78 Å². The van der Waals surface area contributed by atoms with Crippen LogP contribution >= 0.6 is 0 Å². The second-order valence-electron chi connectivity index (χ2n) is 5.18. The van der Waals surface area contributed by atoms with E-state index in [-0.39, 0.29) is 18.3 Å². The smallest absolute Gasteiger partial charge is 0.146 e. The van der Waals surface area contributed by atoms with E-state index in [1.54, 1.807) is 7.11 Å². The molecule has 0 saturated heterocycles. The first-order chi connectivity index (χ1) is 8.25. The van der Waals surface area contributed by atoms with E-state index in [0.717, 1.165) is 32.1 Å². The molecule has 0 aromatic heterocycles. The zero-order valence-corrected chi connectivity index (χ0v) is 10.6. The molecule has 0 aromatic carbocycles. The average Bonchev–Trinajstić information content (AvgIpc) is 2.68. The lowest BCUT2D eigenvalue weighted by Crippen LogP contribution is -2.46. The van der Waals surface area contributed by atoms with E-state index in [1.807, 2.05) is 6.08 Å². The van der Waals surface area contributed by atoms with Gasteiger partial charge < -0.3 is 9.47 Å². The predicted octanol–water partition coefficient (Wildman–Crippen LogP) is 2.70. The standard InChI is InChI=1S/C14H22O3/c1-3-9-14-11(5-4-6-12(14)15)7-8-13(14)17-10-16-2/h3,11,13H,1,4-10H2,2H3/t11-,13+,14+/m1/s1. The van der Waals surface area contributed by atoms with Crippen LogP contribution in [0.3, 0.4) is 0 Å². The van der Waals surface area contributed by atoms with E-state index >= 15 is 0 Å². The van der Waals surface area contributed by atoms with Crippen molar-refractivity contribution in [3.63, 3.8) is 0 Å². The molecule has 0 amide bonds. The SMILES string of the molecule is C=CC[C@@]12C(=O)CCC[C@@H]1CC[C@@H]2OCOC. The van der Waals surface area contributed by atoms with Crippen LogP contribution in [0.1, 0.15) is 38.5 Å². The molecule has 0 aliphatic heterocycles. The van der Waals surface area contributed by atoms with Gasteiger partial charge in [0.05, 0.1) is 11.5 Å². The van der Waals surface area contributed by atoms with Crippen LogP contribution in [-0.4, -0.2) is 25.8 Å². The van der Waals surface area contributed by atoms with Crippen LogP contribution in [0.4, 0.5) is 0 Å². The predicted molar refractivity (Wildman–Crippen MR) is 65.6 cm³/mol. The number of ether oxygens (including phenoxy) is 2. The third kappa shape index (κ3) is 2.06. The van der Waals surface area contributed by atoms with E-state index in [0.29, 0.717) is 18.1 Å². The molecule has 0 spiro atoms. The van der Waals surface area contributed by atoms with Crippen LogP contribution in [0.15, 0.2) is 12.7 Å². The summed E-state index contributed by atoms with van der Waals surface area (Å²) in [7, 11) is 1.62. The lowest BCUT2D eigenvalue weighted by molar-refractivity contribution is -0.154. The molecule has 2 aliphatic carbocycles. The minimum atomic E-state index is -0.293. The molecule has 2 rings (SSSR count). The number of carbonyl (C=O) groups excluding carboxylic acids is 1. The fourth-order valence-electron chi connectivity index (χ4n) is 3.71. The molecule has 0 N–H and O–H groups in total. The highest BCUT2D eigenvalue weighted by Crippen LogP contribution is 2.53. The van der Waals surface area contributed by atoms with Gasteiger partial charge in [-0.05, 0) is 38.0 Å². The van der Waals surface area contributed by atoms with Gasteiger partial charge in [0.1, 0.15) is 12.6 Å². The fourth-order valence-corrected chi connectivity index (χ4v) is 3.71. The Morgan fingerprint density at radius 3 is 3.00 bits per heavy atom. The maximum Gasteiger partial charge on any atom is 0.146 e. The van der Waals surface area contributed by atoms with Crippen molar-refractivity contribution in [3.05, 3.63) is 12.7 Å². The van der Waals surface area contributed by atoms with Crippen LogP contribution in [0.5, 0.6) is 0 Å². The highest BCUT2D eigenvalue weighted by molar-refractivity contribution is 5.87. The lowest BCUT2D eigenvalue weighted by atomic mass is 9.64. The van der Waals surface area contributed by atoms with Crippen LogP contribution in [0, 0.1) is 11.3 Å². The summed E-state index contributed by atoms with van der Waals surface area (Å²) in [6.07, 6.45) is 7.65. The van der Waals surface area contributed by atoms with Crippen molar-refractivity contribution in [2.24, 2.45) is 11.3 Å². The highest BCUT2D eigenvalue weighted by Gasteiger charge is 2.55. The Morgan fingerprint density at radius 1 is 1.47 bits per heavy atom. The summed E-state index contributed by atoms with van der Waals surface area (Å²) >= 11 is 0. The average molecular weight is 238 g/mol. The third-order valence-corrected chi connectivity index (χ3v) is 4.43. The molecule has 0 aromatic rings. The molecule has 0 radical (unpaired) electrons. The van der Waals surface area contributed by atoms with Crippen LogP contribution in [0.25, 0.3) is 0 Å². The van der Waals surface area contributed by atoms with Crippen molar-refractivity contribution in [1.29, 1.82) is 0 Å². The van der Waals surface area contributed by atoms with Gasteiger partial charge >= 0.3 is 0 Å². The Balaban J connectivity index is 2.21. The fraction of sp³-hybridized carbons (Fsp3) is 0.786. The van der Waals surface area contributed by atoms with Crippen LogP contribution < -0.4 is 0 Å². The summed E-state index contributed by atoms with van der Waals surface area (Å²) in [6, 6.07) is 0. The number of rotatable bonds is 5. The van der Waals surface area contributed by atoms with Gasteiger partial charge in [-0.25, -0.2) is 0 Å². The summed E-state index contributed by atoms with van der Waals surface area (Å²) in [5.74, 6) is 0.871. The largest absolute Gasteiger partial charge is 0.359 e. The zero-order valence-electron chi connectivity index (χ0n) is 10.6. The van der Waals surface area contributed by atoms with Gasteiger partial charge in [-0.3, -0.25) is 4.79 Å². The maximum atomic E-state index is 12.4. The Hall–Kier alpha value is -0.670. The Kier molecular flexibility index (Phi) is 4.00. The molecule has 2 aliphatic rings. The van der Waals surface area contributed by atoms with Gasteiger partial charge in [-0.2, -0.15) is 0 Å². The minimum Gasteiger partial charge on any atom is -0.359 e. The summed E-state index contributed by atoms with van der Waals surface area (Å²) in [4.78, 5) is 12.4. The molecule has 2 saturated carbocycles. The van der Waals surface area contributed by atoms with E-state index in [2.05, 4.69) is 6.58 Å². The molecule has 17 heavy (non-hydrogen) atoms. The monoisotopic (exact) mass is 238 g/mol. The van der Waals surface area contributed by atoms with Gasteiger partial charge in [0, 0.05) is 13.5 Å². The maximum absolute atomic E-state index is 12.4. The van der Waals surface area contributed by atoms with Gasteiger partial charge in [-0.1, -0.05) is 6.08 Å². The van der Waals surface area contributed by atoms with Crippen molar-refractivity contribution in [1.82, 2.24) is 0 Å². The minimum absolute atomic E-state index is 0.0262. The molecule has 96 valence electrons. The van der Waals surface area contributed by atoms with Gasteiger partial charge in [0.2, 0.25) is 0 Å². The molecule has 0 bridgehead atoms. The first-order valence-corrected chi connectivity index (χ1v) is 6.50.